The van der Waals surface area contributed by atoms with Gasteiger partial charge in [-0.05, 0) is 37.1 Å². The van der Waals surface area contributed by atoms with Crippen molar-refractivity contribution in [1.82, 2.24) is 10.2 Å². The first kappa shape index (κ1) is 21.0. The molecule has 1 unspecified atom stereocenters. The Labute approximate surface area is 174 Å². The Hall–Kier alpha value is -3.68. The minimum absolute atomic E-state index is 0.0412. The second-order valence-corrected chi connectivity index (χ2v) is 6.80. The summed E-state index contributed by atoms with van der Waals surface area (Å²) in [7, 11) is 0. The summed E-state index contributed by atoms with van der Waals surface area (Å²) in [4.78, 5) is 49.9. The van der Waals surface area contributed by atoms with Crippen LogP contribution in [0.1, 0.15) is 35.7 Å². The van der Waals surface area contributed by atoms with Gasteiger partial charge in [0.25, 0.3) is 5.91 Å². The van der Waals surface area contributed by atoms with E-state index in [1.54, 1.807) is 25.1 Å². The van der Waals surface area contributed by atoms with E-state index in [4.69, 9.17) is 4.74 Å². The van der Waals surface area contributed by atoms with E-state index in [9.17, 15) is 19.2 Å². The van der Waals surface area contributed by atoms with E-state index in [1.807, 2.05) is 30.3 Å². The summed E-state index contributed by atoms with van der Waals surface area (Å²) in [6.07, 6.45) is 0.221. The second kappa shape index (κ2) is 9.69. The molecule has 2 N–H and O–H groups in total. The third-order valence-electron chi connectivity index (χ3n) is 4.61. The summed E-state index contributed by atoms with van der Waals surface area (Å²) in [6, 6.07) is 14.4. The molecule has 2 aromatic rings. The minimum atomic E-state index is -0.738. The van der Waals surface area contributed by atoms with Gasteiger partial charge in [-0.2, -0.15) is 0 Å². The van der Waals surface area contributed by atoms with Gasteiger partial charge >= 0.3 is 12.0 Å². The van der Waals surface area contributed by atoms with E-state index < -0.39 is 18.0 Å². The molecule has 8 nitrogen and oxygen atoms in total. The van der Waals surface area contributed by atoms with Crippen molar-refractivity contribution >= 4 is 29.5 Å². The zero-order valence-electron chi connectivity index (χ0n) is 16.6. The van der Waals surface area contributed by atoms with Crippen molar-refractivity contribution in [3.63, 3.8) is 0 Å². The molecule has 8 heteroatoms. The number of nitrogens with zero attached hydrogens (tertiary/aromatic N) is 1. The Morgan fingerprint density at radius 1 is 1.10 bits per heavy atom. The maximum absolute atomic E-state index is 12.5. The van der Waals surface area contributed by atoms with E-state index in [2.05, 4.69) is 10.6 Å². The first-order chi connectivity index (χ1) is 14.5. The van der Waals surface area contributed by atoms with Crippen molar-refractivity contribution in [2.24, 2.45) is 0 Å². The summed E-state index contributed by atoms with van der Waals surface area (Å²) in [6.45, 7) is 2.17. The molecule has 1 aliphatic rings. The Morgan fingerprint density at radius 2 is 1.87 bits per heavy atom. The molecule has 0 saturated carbocycles. The van der Waals surface area contributed by atoms with Gasteiger partial charge in [-0.3, -0.25) is 14.5 Å². The van der Waals surface area contributed by atoms with Gasteiger partial charge in [0.05, 0.1) is 18.7 Å². The van der Waals surface area contributed by atoms with Crippen LogP contribution in [0.5, 0.6) is 0 Å². The fourth-order valence-electron chi connectivity index (χ4n) is 3.13. The van der Waals surface area contributed by atoms with Crippen LogP contribution >= 0.6 is 0 Å². The molecule has 1 atom stereocenters. The van der Waals surface area contributed by atoms with E-state index in [0.717, 1.165) is 10.5 Å². The number of hydrogen-bond donors (Lipinski definition) is 2. The van der Waals surface area contributed by atoms with Crippen molar-refractivity contribution in [2.75, 3.05) is 11.9 Å². The van der Waals surface area contributed by atoms with Crippen molar-refractivity contribution in [2.45, 2.75) is 32.4 Å². The number of ether oxygens (including phenoxy) is 1. The lowest BCUT2D eigenvalue weighted by atomic mass is 10.1. The Kier molecular flexibility index (Phi) is 6.79. The average molecular weight is 409 g/mol. The van der Waals surface area contributed by atoms with Crippen molar-refractivity contribution in [3.05, 3.63) is 65.7 Å². The fourth-order valence-corrected chi connectivity index (χ4v) is 3.13. The number of carbonyl (C=O) groups excluding carboxylic acids is 4. The zero-order valence-corrected chi connectivity index (χ0v) is 16.6. The van der Waals surface area contributed by atoms with E-state index >= 15 is 0 Å². The molecule has 0 radical (unpaired) electrons. The van der Waals surface area contributed by atoms with Crippen LogP contribution in [0, 0.1) is 0 Å². The number of rotatable bonds is 8. The number of anilines is 1. The maximum atomic E-state index is 12.5. The van der Waals surface area contributed by atoms with Crippen molar-refractivity contribution in [1.29, 1.82) is 0 Å². The number of esters is 1. The van der Waals surface area contributed by atoms with Crippen LogP contribution in [0.25, 0.3) is 0 Å². The molecular weight excluding hydrogens is 386 g/mol. The van der Waals surface area contributed by atoms with Gasteiger partial charge in [0.1, 0.15) is 6.04 Å². The Morgan fingerprint density at radius 3 is 2.60 bits per heavy atom. The Bertz CT molecular complexity index is 945. The van der Waals surface area contributed by atoms with Crippen LogP contribution in [-0.2, 0) is 20.9 Å². The smallest absolute Gasteiger partial charge is 0.338 e. The quantitative estimate of drug-likeness (QED) is 0.515. The van der Waals surface area contributed by atoms with Crippen LogP contribution in [0.15, 0.2) is 54.6 Å². The monoisotopic (exact) mass is 409 g/mol. The molecule has 1 fully saturated rings. The lowest BCUT2D eigenvalue weighted by Crippen LogP contribution is -2.31. The molecule has 156 valence electrons. The highest BCUT2D eigenvalue weighted by atomic mass is 16.5. The Balaban J connectivity index is 1.52. The van der Waals surface area contributed by atoms with Gasteiger partial charge in [-0.25, -0.2) is 9.59 Å². The molecule has 1 saturated heterocycles. The summed E-state index contributed by atoms with van der Waals surface area (Å²) in [5, 5.41) is 5.32. The highest BCUT2D eigenvalue weighted by Crippen LogP contribution is 2.16. The van der Waals surface area contributed by atoms with Gasteiger partial charge in [0.15, 0.2) is 0 Å². The lowest BCUT2D eigenvalue weighted by molar-refractivity contribution is -0.128. The van der Waals surface area contributed by atoms with Crippen LogP contribution in [0.4, 0.5) is 10.5 Å². The second-order valence-electron chi connectivity index (χ2n) is 6.80. The molecule has 0 aromatic heterocycles. The third kappa shape index (κ3) is 5.22. The van der Waals surface area contributed by atoms with Gasteiger partial charge in [0.2, 0.25) is 5.91 Å². The number of urea groups is 1. The van der Waals surface area contributed by atoms with Gasteiger partial charge in [-0.1, -0.05) is 36.4 Å². The molecule has 4 amide bonds. The summed E-state index contributed by atoms with van der Waals surface area (Å²) < 4.78 is 4.94. The number of benzene rings is 2. The number of hydrogen-bond acceptors (Lipinski definition) is 5. The lowest BCUT2D eigenvalue weighted by Gasteiger charge is -2.13. The normalized spacial score (nSPS) is 15.6. The first-order valence-corrected chi connectivity index (χ1v) is 9.70. The van der Waals surface area contributed by atoms with Gasteiger partial charge < -0.3 is 15.4 Å². The zero-order chi connectivity index (χ0) is 21.5. The summed E-state index contributed by atoms with van der Waals surface area (Å²) >= 11 is 0. The van der Waals surface area contributed by atoms with E-state index in [-0.39, 0.29) is 37.8 Å². The number of carbonyl (C=O) groups is 4. The van der Waals surface area contributed by atoms with E-state index in [1.165, 1.54) is 6.07 Å². The molecule has 1 heterocycles. The van der Waals surface area contributed by atoms with Crippen LogP contribution in [0.3, 0.4) is 0 Å². The average Bonchev–Trinajstić information content (AvgIpc) is 3.01. The molecule has 30 heavy (non-hydrogen) atoms. The highest BCUT2D eigenvalue weighted by molar-refractivity contribution is 6.04. The summed E-state index contributed by atoms with van der Waals surface area (Å²) in [5.41, 5.74) is 1.64. The molecule has 0 spiro atoms. The fraction of sp³-hybridized carbons (Fsp3) is 0.273. The maximum Gasteiger partial charge on any atom is 0.338 e. The highest BCUT2D eigenvalue weighted by Gasteiger charge is 2.37. The number of imide groups is 1. The minimum Gasteiger partial charge on any atom is -0.462 e. The predicted octanol–water partition coefficient (Wildman–Crippen LogP) is 2.70. The van der Waals surface area contributed by atoms with Crippen molar-refractivity contribution < 1.29 is 23.9 Å². The molecular formula is C22H23N3O5. The van der Waals surface area contributed by atoms with Crippen LogP contribution in [0.2, 0.25) is 0 Å². The summed E-state index contributed by atoms with van der Waals surface area (Å²) in [5.74, 6) is -1.13. The van der Waals surface area contributed by atoms with Crippen molar-refractivity contribution in [3.8, 4) is 0 Å². The topological polar surface area (TPSA) is 105 Å². The molecule has 1 aliphatic heterocycles. The SMILES string of the molecule is CCOC(=O)c1cccc(NC(=O)CCC2NC(=O)N(Cc3ccccc3)C2=O)c1. The number of amides is 4. The standard InChI is InChI=1S/C22H23N3O5/c1-2-30-21(28)16-9-6-10-17(13-16)23-19(26)12-11-18-20(27)25(22(29)24-18)14-15-7-4-3-5-8-15/h3-10,13,18H,2,11-12,14H2,1H3,(H,23,26)(H,24,29). The number of nitrogens with one attached hydrogen (secondary N) is 2. The van der Waals surface area contributed by atoms with E-state index in [0.29, 0.717) is 11.3 Å². The first-order valence-electron chi connectivity index (χ1n) is 9.70. The molecule has 0 aliphatic carbocycles. The third-order valence-corrected chi connectivity index (χ3v) is 4.61. The van der Waals surface area contributed by atoms with Crippen LogP contribution in [-0.4, -0.2) is 41.4 Å². The molecule has 3 rings (SSSR count). The molecule has 0 bridgehead atoms. The van der Waals surface area contributed by atoms with Gasteiger partial charge in [-0.15, -0.1) is 0 Å². The predicted molar refractivity (Wildman–Crippen MR) is 110 cm³/mol. The van der Waals surface area contributed by atoms with Crippen LogP contribution < -0.4 is 10.6 Å². The molecule has 2 aromatic carbocycles. The van der Waals surface area contributed by atoms with Gasteiger partial charge in [0, 0.05) is 12.1 Å². The largest absolute Gasteiger partial charge is 0.462 e.